The summed E-state index contributed by atoms with van der Waals surface area (Å²) in [6, 6.07) is 3.60. The molecule has 0 bridgehead atoms. The van der Waals surface area contributed by atoms with Crippen LogP contribution < -0.4 is 5.73 Å². The van der Waals surface area contributed by atoms with Gasteiger partial charge in [-0.2, -0.15) is 13.2 Å². The molecule has 21 heavy (non-hydrogen) atoms. The minimum Gasteiger partial charge on any atom is -0.369 e. The van der Waals surface area contributed by atoms with E-state index in [9.17, 15) is 13.2 Å². The van der Waals surface area contributed by atoms with Gasteiger partial charge in [-0.15, -0.1) is 0 Å². The highest BCUT2D eigenvalue weighted by atomic mass is 19.4. The van der Waals surface area contributed by atoms with Gasteiger partial charge >= 0.3 is 6.18 Å². The van der Waals surface area contributed by atoms with Crippen molar-refractivity contribution in [2.75, 3.05) is 25.9 Å². The molecule has 1 unspecified atom stereocenters. The first kappa shape index (κ1) is 14.2. The van der Waals surface area contributed by atoms with Gasteiger partial charge in [0.25, 0.3) is 0 Å². The smallest absolute Gasteiger partial charge is 0.369 e. The molecule has 114 valence electrons. The Kier molecular flexibility index (Phi) is 3.32. The van der Waals surface area contributed by atoms with Crippen LogP contribution in [0.2, 0.25) is 0 Å². The first-order chi connectivity index (χ1) is 9.84. The van der Waals surface area contributed by atoms with Crippen molar-refractivity contribution in [1.29, 1.82) is 0 Å². The fourth-order valence-corrected chi connectivity index (χ4v) is 2.95. The maximum atomic E-state index is 12.7. The van der Waals surface area contributed by atoms with Crippen LogP contribution in [0.1, 0.15) is 12.0 Å². The number of likely N-dealkylation sites (tertiary alicyclic amines) is 1. The average Bonchev–Trinajstić information content (AvgIpc) is 2.93. The molecule has 1 aliphatic heterocycles. The molecule has 0 saturated carbocycles. The number of hydrogen-bond acceptors (Lipinski definition) is 3. The molecule has 0 aliphatic carbocycles. The van der Waals surface area contributed by atoms with Gasteiger partial charge in [-0.1, -0.05) is 0 Å². The van der Waals surface area contributed by atoms with E-state index in [0.29, 0.717) is 23.5 Å². The number of halogens is 3. The lowest BCUT2D eigenvalue weighted by Crippen LogP contribution is -2.17. The van der Waals surface area contributed by atoms with E-state index < -0.39 is 11.7 Å². The van der Waals surface area contributed by atoms with Crippen LogP contribution in [0.4, 0.5) is 19.1 Å². The van der Waals surface area contributed by atoms with Crippen LogP contribution in [-0.4, -0.2) is 34.6 Å². The molecule has 1 aromatic heterocycles. The SMILES string of the molecule is CN1CCC(Cn2c(N)nc3cc(C(F)(F)F)ccc32)C1. The molecule has 7 heteroatoms. The fourth-order valence-electron chi connectivity index (χ4n) is 2.95. The standard InChI is InChI=1S/C14H17F3N4/c1-20-5-4-9(7-20)8-21-12-3-2-10(14(15,16)17)6-11(12)19-13(21)18/h2-3,6,9H,4-5,7-8H2,1H3,(H2,18,19). The number of nitrogens with two attached hydrogens (primary N) is 1. The van der Waals surface area contributed by atoms with Crippen LogP contribution in [-0.2, 0) is 12.7 Å². The Hall–Kier alpha value is -1.76. The molecule has 1 aromatic carbocycles. The van der Waals surface area contributed by atoms with Gasteiger partial charge in [0.2, 0.25) is 5.95 Å². The van der Waals surface area contributed by atoms with Crippen LogP contribution in [0.15, 0.2) is 18.2 Å². The molecule has 3 rings (SSSR count). The largest absolute Gasteiger partial charge is 0.416 e. The van der Waals surface area contributed by atoms with E-state index in [1.54, 1.807) is 0 Å². The molecule has 1 saturated heterocycles. The first-order valence-electron chi connectivity index (χ1n) is 6.86. The van der Waals surface area contributed by atoms with Crippen molar-refractivity contribution < 1.29 is 13.2 Å². The predicted molar refractivity (Wildman–Crippen MR) is 74.8 cm³/mol. The number of hydrogen-bond donors (Lipinski definition) is 1. The van der Waals surface area contributed by atoms with E-state index in [1.807, 2.05) is 4.57 Å². The van der Waals surface area contributed by atoms with Gasteiger partial charge in [0.1, 0.15) is 0 Å². The number of aromatic nitrogens is 2. The molecular weight excluding hydrogens is 281 g/mol. The van der Waals surface area contributed by atoms with Gasteiger partial charge in [-0.05, 0) is 44.1 Å². The number of fused-ring (bicyclic) bond motifs is 1. The third kappa shape index (κ3) is 2.70. The van der Waals surface area contributed by atoms with Crippen molar-refractivity contribution in [3.05, 3.63) is 23.8 Å². The Labute approximate surface area is 120 Å². The highest BCUT2D eigenvalue weighted by Gasteiger charge is 2.31. The van der Waals surface area contributed by atoms with E-state index in [-0.39, 0.29) is 5.95 Å². The van der Waals surface area contributed by atoms with E-state index in [2.05, 4.69) is 16.9 Å². The van der Waals surface area contributed by atoms with Crippen LogP contribution in [0.3, 0.4) is 0 Å². The average molecular weight is 298 g/mol. The second-order valence-electron chi connectivity index (χ2n) is 5.70. The van der Waals surface area contributed by atoms with Crippen LogP contribution in [0.25, 0.3) is 11.0 Å². The monoisotopic (exact) mass is 298 g/mol. The second-order valence-corrected chi connectivity index (χ2v) is 5.70. The lowest BCUT2D eigenvalue weighted by molar-refractivity contribution is -0.137. The van der Waals surface area contributed by atoms with Gasteiger partial charge in [-0.25, -0.2) is 4.98 Å². The second kappa shape index (κ2) is 4.91. The number of benzene rings is 1. The zero-order chi connectivity index (χ0) is 15.2. The number of imidazole rings is 1. The van der Waals surface area contributed by atoms with Crippen molar-refractivity contribution in [3.8, 4) is 0 Å². The minimum atomic E-state index is -4.36. The number of anilines is 1. The molecule has 2 aromatic rings. The molecule has 2 N–H and O–H groups in total. The summed E-state index contributed by atoms with van der Waals surface area (Å²) in [6.45, 7) is 2.70. The van der Waals surface area contributed by atoms with Crippen LogP contribution in [0, 0.1) is 5.92 Å². The van der Waals surface area contributed by atoms with Gasteiger partial charge < -0.3 is 15.2 Å². The van der Waals surface area contributed by atoms with E-state index in [4.69, 9.17) is 5.73 Å². The summed E-state index contributed by atoms with van der Waals surface area (Å²) >= 11 is 0. The highest BCUT2D eigenvalue weighted by Crippen LogP contribution is 2.32. The molecule has 0 spiro atoms. The normalized spacial score (nSPS) is 20.5. The Morgan fingerprint density at radius 3 is 2.76 bits per heavy atom. The topological polar surface area (TPSA) is 47.1 Å². The summed E-state index contributed by atoms with van der Waals surface area (Å²) in [5.41, 5.74) is 6.15. The first-order valence-corrected chi connectivity index (χ1v) is 6.86. The lowest BCUT2D eigenvalue weighted by atomic mass is 10.1. The molecular formula is C14H17F3N4. The highest BCUT2D eigenvalue weighted by molar-refractivity contribution is 5.79. The van der Waals surface area contributed by atoms with Gasteiger partial charge in [-0.3, -0.25) is 0 Å². The number of nitrogens with zero attached hydrogens (tertiary/aromatic N) is 3. The third-order valence-electron chi connectivity index (χ3n) is 4.03. The molecule has 0 amide bonds. The molecule has 1 atom stereocenters. The van der Waals surface area contributed by atoms with E-state index >= 15 is 0 Å². The lowest BCUT2D eigenvalue weighted by Gasteiger charge is -2.13. The Balaban J connectivity index is 1.94. The predicted octanol–water partition coefficient (Wildman–Crippen LogP) is 2.59. The Morgan fingerprint density at radius 1 is 1.38 bits per heavy atom. The summed E-state index contributed by atoms with van der Waals surface area (Å²) in [7, 11) is 2.06. The summed E-state index contributed by atoms with van der Waals surface area (Å²) in [6.07, 6.45) is -3.29. The van der Waals surface area contributed by atoms with Gasteiger partial charge in [0.15, 0.2) is 0 Å². The van der Waals surface area contributed by atoms with Gasteiger partial charge in [0, 0.05) is 13.1 Å². The number of nitrogen functional groups attached to an aromatic ring is 1. The molecule has 0 radical (unpaired) electrons. The zero-order valence-electron chi connectivity index (χ0n) is 11.7. The van der Waals surface area contributed by atoms with Crippen molar-refractivity contribution in [1.82, 2.24) is 14.5 Å². The van der Waals surface area contributed by atoms with E-state index in [0.717, 1.165) is 31.6 Å². The summed E-state index contributed by atoms with van der Waals surface area (Å²) in [5, 5.41) is 0. The van der Waals surface area contributed by atoms with Crippen molar-refractivity contribution in [2.45, 2.75) is 19.1 Å². The third-order valence-corrected chi connectivity index (χ3v) is 4.03. The number of alkyl halides is 3. The van der Waals surface area contributed by atoms with Crippen LogP contribution >= 0.6 is 0 Å². The van der Waals surface area contributed by atoms with Crippen LogP contribution in [0.5, 0.6) is 0 Å². The maximum Gasteiger partial charge on any atom is 0.416 e. The molecule has 4 nitrogen and oxygen atoms in total. The zero-order valence-corrected chi connectivity index (χ0v) is 11.7. The summed E-state index contributed by atoms with van der Waals surface area (Å²) < 4.78 is 40.0. The summed E-state index contributed by atoms with van der Waals surface area (Å²) in [5.74, 6) is 0.732. The van der Waals surface area contributed by atoms with E-state index in [1.165, 1.54) is 6.07 Å². The number of rotatable bonds is 2. The fraction of sp³-hybridized carbons (Fsp3) is 0.500. The van der Waals surface area contributed by atoms with Crippen molar-refractivity contribution >= 4 is 17.0 Å². The van der Waals surface area contributed by atoms with Gasteiger partial charge in [0.05, 0.1) is 16.6 Å². The Morgan fingerprint density at radius 2 is 2.14 bits per heavy atom. The molecule has 1 aliphatic rings. The molecule has 1 fully saturated rings. The quantitative estimate of drug-likeness (QED) is 0.927. The van der Waals surface area contributed by atoms with Crippen molar-refractivity contribution in [3.63, 3.8) is 0 Å². The maximum absolute atomic E-state index is 12.7. The minimum absolute atomic E-state index is 0.277. The summed E-state index contributed by atoms with van der Waals surface area (Å²) in [4.78, 5) is 6.31. The Bertz CT molecular complexity index is 662. The van der Waals surface area contributed by atoms with Crippen molar-refractivity contribution in [2.24, 2.45) is 5.92 Å². The molecule has 2 heterocycles.